The molecule has 0 heteroatoms. The smallest absolute Gasteiger partial charge is 0.0274 e. The molecule has 0 fully saturated rings. The van der Waals surface area contributed by atoms with Gasteiger partial charge in [0.05, 0.1) is 0 Å². The zero-order valence-corrected chi connectivity index (χ0v) is 10.1. The molecule has 0 aromatic heterocycles. The highest BCUT2D eigenvalue weighted by molar-refractivity contribution is 5.33. The maximum absolute atomic E-state index is 3.74. The molecule has 0 radical (unpaired) electrons. The van der Waals surface area contributed by atoms with E-state index in [-0.39, 0.29) is 0 Å². The number of rotatable bonds is 6. The van der Waals surface area contributed by atoms with Crippen LogP contribution in [0.25, 0.3) is 0 Å². The van der Waals surface area contributed by atoms with Gasteiger partial charge < -0.3 is 0 Å². The number of benzene rings is 1. The van der Waals surface area contributed by atoms with Crippen LogP contribution in [0.15, 0.2) is 30.9 Å². The Morgan fingerprint density at radius 2 is 1.73 bits per heavy atom. The van der Waals surface area contributed by atoms with Gasteiger partial charge in [-0.2, -0.15) is 0 Å². The average molecular weight is 202 g/mol. The Morgan fingerprint density at radius 3 is 2.33 bits per heavy atom. The van der Waals surface area contributed by atoms with Crippen LogP contribution in [-0.2, 0) is 6.42 Å². The van der Waals surface area contributed by atoms with Gasteiger partial charge in [0.15, 0.2) is 0 Å². The van der Waals surface area contributed by atoms with E-state index in [1.165, 1.54) is 36.8 Å². The van der Waals surface area contributed by atoms with Crippen molar-refractivity contribution in [3.05, 3.63) is 47.5 Å². The Bertz CT molecular complexity index is 290. The molecule has 0 unspecified atom stereocenters. The molecule has 1 aromatic rings. The summed E-state index contributed by atoms with van der Waals surface area (Å²) in [5.41, 5.74) is 4.44. The highest BCUT2D eigenvalue weighted by atomic mass is 14.1. The lowest BCUT2D eigenvalue weighted by Gasteiger charge is -2.08. The molecule has 0 spiro atoms. The van der Waals surface area contributed by atoms with Gasteiger partial charge >= 0.3 is 0 Å². The first-order chi connectivity index (χ1) is 7.25. The van der Waals surface area contributed by atoms with Crippen LogP contribution in [0.3, 0.4) is 0 Å². The number of unbranched alkanes of at least 4 members (excludes halogenated alkanes) is 3. The zero-order chi connectivity index (χ0) is 11.1. The van der Waals surface area contributed by atoms with Crippen molar-refractivity contribution in [1.29, 1.82) is 0 Å². The first-order valence-corrected chi connectivity index (χ1v) is 5.91. The van der Waals surface area contributed by atoms with E-state index in [0.29, 0.717) is 0 Å². The predicted molar refractivity (Wildman–Crippen MR) is 68.3 cm³/mol. The van der Waals surface area contributed by atoms with Gasteiger partial charge in [0, 0.05) is 0 Å². The summed E-state index contributed by atoms with van der Waals surface area (Å²) in [6.07, 6.45) is 8.31. The van der Waals surface area contributed by atoms with Crippen LogP contribution in [0, 0.1) is 13.8 Å². The minimum Gasteiger partial charge on any atom is -0.103 e. The molecule has 0 aliphatic rings. The highest BCUT2D eigenvalue weighted by Crippen LogP contribution is 2.16. The van der Waals surface area contributed by atoms with Crippen molar-refractivity contribution >= 4 is 0 Å². The molecule has 0 nitrogen and oxygen atoms in total. The van der Waals surface area contributed by atoms with E-state index in [9.17, 15) is 0 Å². The molecular formula is C15H22. The molecule has 0 saturated carbocycles. The van der Waals surface area contributed by atoms with Crippen molar-refractivity contribution in [2.24, 2.45) is 0 Å². The quantitative estimate of drug-likeness (QED) is 0.467. The molecule has 1 rings (SSSR count). The molecule has 0 amide bonds. The summed E-state index contributed by atoms with van der Waals surface area (Å²) >= 11 is 0. The lowest BCUT2D eigenvalue weighted by Crippen LogP contribution is -1.93. The third-order valence-corrected chi connectivity index (χ3v) is 2.98. The largest absolute Gasteiger partial charge is 0.103 e. The lowest BCUT2D eigenvalue weighted by atomic mass is 9.97. The number of allylic oxidation sites excluding steroid dienone is 1. The van der Waals surface area contributed by atoms with E-state index in [0.717, 1.165) is 6.42 Å². The predicted octanol–water partition coefficient (Wildman–Crippen LogP) is 4.59. The first-order valence-electron chi connectivity index (χ1n) is 5.91. The van der Waals surface area contributed by atoms with Crippen LogP contribution in [0.5, 0.6) is 0 Å². The minimum absolute atomic E-state index is 1.16. The number of aryl methyl sites for hydroxylation is 2. The van der Waals surface area contributed by atoms with E-state index in [2.05, 4.69) is 38.6 Å². The van der Waals surface area contributed by atoms with Crippen molar-refractivity contribution in [3.8, 4) is 0 Å². The zero-order valence-electron chi connectivity index (χ0n) is 10.1. The summed E-state index contributed by atoms with van der Waals surface area (Å²) in [7, 11) is 0. The maximum atomic E-state index is 3.74. The third kappa shape index (κ3) is 3.91. The summed E-state index contributed by atoms with van der Waals surface area (Å²) < 4.78 is 0. The Labute approximate surface area is 94.0 Å². The average Bonchev–Trinajstić information content (AvgIpc) is 2.21. The van der Waals surface area contributed by atoms with Gasteiger partial charge in [-0.25, -0.2) is 0 Å². The fraction of sp³-hybridized carbons (Fsp3) is 0.467. The molecule has 0 aliphatic heterocycles. The normalized spacial score (nSPS) is 10.3. The van der Waals surface area contributed by atoms with Crippen molar-refractivity contribution in [3.63, 3.8) is 0 Å². The van der Waals surface area contributed by atoms with Gasteiger partial charge in [-0.1, -0.05) is 30.7 Å². The molecule has 1 aromatic carbocycles. The Morgan fingerprint density at radius 1 is 1.07 bits per heavy atom. The molecular weight excluding hydrogens is 180 g/mol. The summed E-state index contributed by atoms with van der Waals surface area (Å²) in [6.45, 7) is 8.17. The first kappa shape index (κ1) is 12.0. The Kier molecular flexibility index (Phi) is 5.17. The van der Waals surface area contributed by atoms with Crippen LogP contribution in [0.1, 0.15) is 42.4 Å². The lowest BCUT2D eigenvalue weighted by molar-refractivity contribution is 0.684. The van der Waals surface area contributed by atoms with Crippen molar-refractivity contribution < 1.29 is 0 Å². The van der Waals surface area contributed by atoms with Crippen LogP contribution in [-0.4, -0.2) is 0 Å². The molecule has 0 saturated heterocycles. The highest BCUT2D eigenvalue weighted by Gasteiger charge is 2.00. The van der Waals surface area contributed by atoms with Gasteiger partial charge in [-0.3, -0.25) is 0 Å². The fourth-order valence-corrected chi connectivity index (χ4v) is 2.01. The van der Waals surface area contributed by atoms with E-state index < -0.39 is 0 Å². The molecule has 0 aliphatic carbocycles. The topological polar surface area (TPSA) is 0 Å². The van der Waals surface area contributed by atoms with E-state index >= 15 is 0 Å². The van der Waals surface area contributed by atoms with E-state index in [1.807, 2.05) is 6.08 Å². The van der Waals surface area contributed by atoms with Crippen LogP contribution < -0.4 is 0 Å². The molecule has 15 heavy (non-hydrogen) atoms. The summed E-state index contributed by atoms with van der Waals surface area (Å²) in [5, 5.41) is 0. The second kappa shape index (κ2) is 6.44. The van der Waals surface area contributed by atoms with Crippen LogP contribution >= 0.6 is 0 Å². The Hall–Kier alpha value is -1.04. The van der Waals surface area contributed by atoms with Crippen LogP contribution in [0.2, 0.25) is 0 Å². The third-order valence-electron chi connectivity index (χ3n) is 2.98. The monoisotopic (exact) mass is 202 g/mol. The second-order valence-corrected chi connectivity index (χ2v) is 4.26. The summed E-state index contributed by atoms with van der Waals surface area (Å²) in [4.78, 5) is 0. The molecule has 0 N–H and O–H groups in total. The Balaban J connectivity index is 2.40. The summed E-state index contributed by atoms with van der Waals surface area (Å²) in [6, 6.07) is 6.57. The van der Waals surface area contributed by atoms with Gasteiger partial charge in [0.25, 0.3) is 0 Å². The van der Waals surface area contributed by atoms with Gasteiger partial charge in [0.1, 0.15) is 0 Å². The summed E-state index contributed by atoms with van der Waals surface area (Å²) in [5.74, 6) is 0. The van der Waals surface area contributed by atoms with Gasteiger partial charge in [0.2, 0.25) is 0 Å². The second-order valence-electron chi connectivity index (χ2n) is 4.26. The molecule has 0 heterocycles. The molecule has 0 atom stereocenters. The van der Waals surface area contributed by atoms with Gasteiger partial charge in [-0.15, -0.1) is 6.58 Å². The maximum Gasteiger partial charge on any atom is -0.0274 e. The van der Waals surface area contributed by atoms with E-state index in [4.69, 9.17) is 0 Å². The number of hydrogen-bond donors (Lipinski definition) is 0. The van der Waals surface area contributed by atoms with Crippen molar-refractivity contribution in [2.75, 3.05) is 0 Å². The standard InChI is InChI=1S/C15H22/c1-4-5-6-7-8-12-15-13(2)10-9-11-14(15)3/h4,9-11H,1,5-8,12H2,2-3H3. The molecule has 0 bridgehead atoms. The van der Waals surface area contributed by atoms with Crippen molar-refractivity contribution in [2.45, 2.75) is 46.0 Å². The fourth-order valence-electron chi connectivity index (χ4n) is 2.01. The van der Waals surface area contributed by atoms with Crippen molar-refractivity contribution in [1.82, 2.24) is 0 Å². The molecule has 82 valence electrons. The number of hydrogen-bond acceptors (Lipinski definition) is 0. The van der Waals surface area contributed by atoms with Gasteiger partial charge in [-0.05, 0) is 56.2 Å². The minimum atomic E-state index is 1.16. The van der Waals surface area contributed by atoms with Crippen LogP contribution in [0.4, 0.5) is 0 Å². The van der Waals surface area contributed by atoms with E-state index in [1.54, 1.807) is 5.56 Å². The SMILES string of the molecule is C=CCCCCCc1c(C)cccc1C.